The van der Waals surface area contributed by atoms with Gasteiger partial charge in [0.2, 0.25) is 0 Å². The van der Waals surface area contributed by atoms with Gasteiger partial charge in [-0.05, 0) is 60.0 Å². The van der Waals surface area contributed by atoms with Crippen LogP contribution in [-0.4, -0.2) is 25.1 Å². The molecule has 2 aromatic rings. The smallest absolute Gasteiger partial charge is 0.126 e. The highest BCUT2D eigenvalue weighted by molar-refractivity contribution is 5.77. The second-order valence-electron chi connectivity index (χ2n) is 5.67. The molecular weight excluding hydrogens is 279 g/mol. The van der Waals surface area contributed by atoms with Crippen LogP contribution in [0.4, 0.5) is 10.1 Å². The van der Waals surface area contributed by atoms with Crippen molar-refractivity contribution in [3.8, 4) is 16.9 Å². The monoisotopic (exact) mass is 300 g/mol. The van der Waals surface area contributed by atoms with Gasteiger partial charge in [-0.1, -0.05) is 6.92 Å². The first-order valence-electron chi connectivity index (χ1n) is 7.60. The Morgan fingerprint density at radius 2 is 2.05 bits per heavy atom. The Labute approximate surface area is 130 Å². The first kappa shape index (κ1) is 14.9. The van der Waals surface area contributed by atoms with Crippen molar-refractivity contribution in [2.24, 2.45) is 0 Å². The Hall–Kier alpha value is -2.07. The van der Waals surface area contributed by atoms with E-state index in [1.54, 1.807) is 13.2 Å². The number of nitrogens with zero attached hydrogens (tertiary/aromatic N) is 1. The molecule has 22 heavy (non-hydrogen) atoms. The molecule has 0 amide bonds. The van der Waals surface area contributed by atoms with Gasteiger partial charge in [0.15, 0.2) is 0 Å². The van der Waals surface area contributed by atoms with Gasteiger partial charge in [0.05, 0.1) is 7.11 Å². The van der Waals surface area contributed by atoms with Gasteiger partial charge in [-0.3, -0.25) is 4.90 Å². The normalized spacial score (nSPS) is 14.7. The summed E-state index contributed by atoms with van der Waals surface area (Å²) in [6.07, 6.45) is 0.943. The number of benzene rings is 2. The predicted octanol–water partition coefficient (Wildman–Crippen LogP) is 3.46. The SMILES string of the molecule is CCN1CCc2c(cc(N)cc2-c2cc(F)ccc2OC)C1. The van der Waals surface area contributed by atoms with E-state index in [9.17, 15) is 4.39 Å². The molecule has 116 valence electrons. The van der Waals surface area contributed by atoms with Gasteiger partial charge in [0.25, 0.3) is 0 Å². The molecule has 0 unspecified atom stereocenters. The summed E-state index contributed by atoms with van der Waals surface area (Å²) in [5.41, 5.74) is 11.0. The van der Waals surface area contributed by atoms with Crippen molar-refractivity contribution >= 4 is 5.69 Å². The predicted molar refractivity (Wildman–Crippen MR) is 87.5 cm³/mol. The lowest BCUT2D eigenvalue weighted by Crippen LogP contribution is -2.30. The summed E-state index contributed by atoms with van der Waals surface area (Å²) in [5.74, 6) is 0.407. The topological polar surface area (TPSA) is 38.5 Å². The molecule has 0 aromatic heterocycles. The van der Waals surface area contributed by atoms with Gasteiger partial charge < -0.3 is 10.5 Å². The van der Waals surface area contributed by atoms with Crippen molar-refractivity contribution in [1.29, 1.82) is 0 Å². The fourth-order valence-electron chi connectivity index (χ4n) is 3.18. The van der Waals surface area contributed by atoms with Crippen molar-refractivity contribution < 1.29 is 9.13 Å². The molecule has 4 heteroatoms. The summed E-state index contributed by atoms with van der Waals surface area (Å²) in [5, 5.41) is 0. The number of hydrogen-bond donors (Lipinski definition) is 1. The summed E-state index contributed by atoms with van der Waals surface area (Å²) in [4.78, 5) is 2.38. The zero-order chi connectivity index (χ0) is 15.7. The second kappa shape index (κ2) is 5.97. The highest BCUT2D eigenvalue weighted by Crippen LogP contribution is 2.37. The van der Waals surface area contributed by atoms with Gasteiger partial charge in [-0.2, -0.15) is 0 Å². The van der Waals surface area contributed by atoms with E-state index in [1.807, 2.05) is 12.1 Å². The average molecular weight is 300 g/mol. The van der Waals surface area contributed by atoms with E-state index in [1.165, 1.54) is 23.3 Å². The van der Waals surface area contributed by atoms with E-state index in [2.05, 4.69) is 11.8 Å². The first-order chi connectivity index (χ1) is 10.6. The van der Waals surface area contributed by atoms with Crippen LogP contribution >= 0.6 is 0 Å². The molecule has 1 aliphatic heterocycles. The Morgan fingerprint density at radius 3 is 2.77 bits per heavy atom. The fourth-order valence-corrected chi connectivity index (χ4v) is 3.18. The molecular formula is C18H21FN2O. The summed E-state index contributed by atoms with van der Waals surface area (Å²) in [6, 6.07) is 8.57. The van der Waals surface area contributed by atoms with Crippen LogP contribution < -0.4 is 10.5 Å². The van der Waals surface area contributed by atoms with Gasteiger partial charge >= 0.3 is 0 Å². The van der Waals surface area contributed by atoms with Crippen molar-refractivity contribution in [2.45, 2.75) is 19.9 Å². The Balaban J connectivity index is 2.16. The van der Waals surface area contributed by atoms with Crippen molar-refractivity contribution in [3.05, 3.63) is 47.3 Å². The standard InChI is InChI=1S/C18H21FN2O/c1-3-21-7-6-15-12(11-21)8-14(20)10-16(15)17-9-13(19)4-5-18(17)22-2/h4-5,8-10H,3,6-7,11,20H2,1-2H3. The number of methoxy groups -OCH3 is 1. The molecule has 2 aromatic carbocycles. The third-order valence-electron chi connectivity index (χ3n) is 4.34. The van der Waals surface area contributed by atoms with Crippen LogP contribution in [-0.2, 0) is 13.0 Å². The molecule has 2 N–H and O–H groups in total. The van der Waals surface area contributed by atoms with Crippen molar-refractivity contribution in [2.75, 3.05) is 25.9 Å². The molecule has 0 radical (unpaired) electrons. The lowest BCUT2D eigenvalue weighted by Gasteiger charge is -2.29. The van der Waals surface area contributed by atoms with Gasteiger partial charge in [0, 0.05) is 24.3 Å². The number of fused-ring (bicyclic) bond motifs is 1. The van der Waals surface area contributed by atoms with Crippen molar-refractivity contribution in [1.82, 2.24) is 4.90 Å². The maximum absolute atomic E-state index is 13.7. The lowest BCUT2D eigenvalue weighted by molar-refractivity contribution is 0.268. The van der Waals surface area contributed by atoms with E-state index < -0.39 is 0 Å². The van der Waals surface area contributed by atoms with Crippen LogP contribution in [0.25, 0.3) is 11.1 Å². The summed E-state index contributed by atoms with van der Waals surface area (Å²) < 4.78 is 19.1. The first-order valence-corrected chi connectivity index (χ1v) is 7.60. The molecule has 0 atom stereocenters. The number of ether oxygens (including phenoxy) is 1. The third-order valence-corrected chi connectivity index (χ3v) is 4.34. The zero-order valence-electron chi connectivity index (χ0n) is 13.0. The average Bonchev–Trinajstić information content (AvgIpc) is 2.53. The number of nitrogen functional groups attached to an aromatic ring is 1. The van der Waals surface area contributed by atoms with Crippen LogP contribution in [0.5, 0.6) is 5.75 Å². The van der Waals surface area contributed by atoms with Crippen LogP contribution in [0.2, 0.25) is 0 Å². The molecule has 0 spiro atoms. The molecule has 0 aliphatic carbocycles. The maximum atomic E-state index is 13.7. The summed E-state index contributed by atoms with van der Waals surface area (Å²) in [7, 11) is 1.61. The van der Waals surface area contributed by atoms with E-state index in [4.69, 9.17) is 10.5 Å². The highest BCUT2D eigenvalue weighted by atomic mass is 19.1. The minimum atomic E-state index is -0.266. The van der Waals surface area contributed by atoms with E-state index in [0.717, 1.165) is 37.2 Å². The number of hydrogen-bond acceptors (Lipinski definition) is 3. The number of likely N-dealkylation sites (N-methyl/N-ethyl adjacent to an activating group) is 1. The van der Waals surface area contributed by atoms with Gasteiger partial charge in [0.1, 0.15) is 11.6 Å². The quantitative estimate of drug-likeness (QED) is 0.882. The van der Waals surface area contributed by atoms with Gasteiger partial charge in [-0.15, -0.1) is 0 Å². The molecule has 1 aliphatic rings. The summed E-state index contributed by atoms with van der Waals surface area (Å²) >= 11 is 0. The molecule has 0 bridgehead atoms. The molecule has 0 saturated carbocycles. The Kier molecular flexibility index (Phi) is 4.03. The molecule has 3 rings (SSSR count). The molecule has 3 nitrogen and oxygen atoms in total. The second-order valence-corrected chi connectivity index (χ2v) is 5.67. The minimum Gasteiger partial charge on any atom is -0.496 e. The van der Waals surface area contributed by atoms with Crippen LogP contribution in [0.1, 0.15) is 18.1 Å². The molecule has 0 saturated heterocycles. The fraction of sp³-hybridized carbons (Fsp3) is 0.333. The highest BCUT2D eigenvalue weighted by Gasteiger charge is 2.21. The number of anilines is 1. The van der Waals surface area contributed by atoms with Crippen LogP contribution in [0.15, 0.2) is 30.3 Å². The van der Waals surface area contributed by atoms with Gasteiger partial charge in [-0.25, -0.2) is 4.39 Å². The summed E-state index contributed by atoms with van der Waals surface area (Å²) in [6.45, 7) is 5.08. The lowest BCUT2D eigenvalue weighted by atomic mass is 9.89. The Morgan fingerprint density at radius 1 is 1.23 bits per heavy atom. The van der Waals surface area contributed by atoms with E-state index in [0.29, 0.717) is 11.4 Å². The number of rotatable bonds is 3. The zero-order valence-corrected chi connectivity index (χ0v) is 13.0. The van der Waals surface area contributed by atoms with E-state index in [-0.39, 0.29) is 5.82 Å². The molecule has 1 heterocycles. The molecule has 0 fully saturated rings. The maximum Gasteiger partial charge on any atom is 0.126 e. The Bertz CT molecular complexity index is 700. The van der Waals surface area contributed by atoms with Crippen LogP contribution in [0, 0.1) is 5.82 Å². The number of halogens is 1. The van der Waals surface area contributed by atoms with E-state index >= 15 is 0 Å². The van der Waals surface area contributed by atoms with Crippen LogP contribution in [0.3, 0.4) is 0 Å². The van der Waals surface area contributed by atoms with Crippen molar-refractivity contribution in [3.63, 3.8) is 0 Å². The third kappa shape index (κ3) is 2.66. The largest absolute Gasteiger partial charge is 0.496 e. The number of nitrogens with two attached hydrogens (primary N) is 1. The minimum absolute atomic E-state index is 0.266.